The fraction of sp³-hybridized carbons (Fsp3) is 0.290. The van der Waals surface area contributed by atoms with Gasteiger partial charge in [-0.2, -0.15) is 0 Å². The number of phenolic OH excluding ortho intramolecular Hbond substituents is 1. The lowest BCUT2D eigenvalue weighted by molar-refractivity contribution is 0.183. The number of rotatable bonds is 7. The van der Waals surface area contributed by atoms with E-state index in [1.54, 1.807) is 6.07 Å². The number of pyridine rings is 1. The molecule has 1 N–H and O–H groups in total. The molecule has 0 bridgehead atoms. The number of aromatic nitrogens is 1. The lowest BCUT2D eigenvalue weighted by Gasteiger charge is -2.26. The Hall–Kier alpha value is -3.57. The van der Waals surface area contributed by atoms with E-state index >= 15 is 0 Å². The number of hydrogen-bond donors (Lipinski definition) is 1. The molecule has 3 aromatic heterocycles. The minimum atomic E-state index is -0.605. The summed E-state index contributed by atoms with van der Waals surface area (Å²) in [4.78, 5) is 2.48. The van der Waals surface area contributed by atoms with Crippen molar-refractivity contribution in [1.82, 2.24) is 9.30 Å². The van der Waals surface area contributed by atoms with E-state index in [0.29, 0.717) is 6.61 Å². The standard InChI is InChI=1S/C31H31FN2O2/c1-2-25-28-8-6-7-23-20-26(31(34(23)28)30(25)22-11-14-29(35)27(32)19-22)21-9-12-24(13-10-21)36-18-17-33-15-4-3-5-16-33/h6-14,19-20,35H,2-5,15-18H2,1H3. The van der Waals surface area contributed by atoms with Crippen molar-refractivity contribution in [3.8, 4) is 33.8 Å². The molecule has 4 heterocycles. The molecule has 0 saturated carbocycles. The average Bonchev–Trinajstić information content (AvgIpc) is 3.46. The van der Waals surface area contributed by atoms with Gasteiger partial charge in [0.15, 0.2) is 11.6 Å². The van der Waals surface area contributed by atoms with Gasteiger partial charge < -0.3 is 14.2 Å². The van der Waals surface area contributed by atoms with Crippen LogP contribution >= 0.6 is 0 Å². The highest BCUT2D eigenvalue weighted by Crippen LogP contribution is 2.43. The van der Waals surface area contributed by atoms with Gasteiger partial charge in [0.2, 0.25) is 0 Å². The summed E-state index contributed by atoms with van der Waals surface area (Å²) < 4.78 is 22.7. The summed E-state index contributed by atoms with van der Waals surface area (Å²) in [6.07, 6.45) is 4.74. The molecule has 36 heavy (non-hydrogen) atoms. The van der Waals surface area contributed by atoms with Gasteiger partial charge in [-0.1, -0.05) is 37.6 Å². The summed E-state index contributed by atoms with van der Waals surface area (Å²) in [5, 5.41) is 9.78. The van der Waals surface area contributed by atoms with Crippen molar-refractivity contribution in [3.05, 3.63) is 78.1 Å². The number of hydrogen-bond acceptors (Lipinski definition) is 3. The predicted molar refractivity (Wildman–Crippen MR) is 144 cm³/mol. The number of piperidine rings is 1. The van der Waals surface area contributed by atoms with Gasteiger partial charge in [-0.05, 0) is 91.5 Å². The van der Waals surface area contributed by atoms with Crippen LogP contribution in [-0.4, -0.2) is 40.6 Å². The Morgan fingerprint density at radius 1 is 0.917 bits per heavy atom. The van der Waals surface area contributed by atoms with Crippen LogP contribution in [0.4, 0.5) is 4.39 Å². The second-order valence-corrected chi connectivity index (χ2v) is 9.73. The molecule has 4 nitrogen and oxygen atoms in total. The Balaban J connectivity index is 1.37. The summed E-state index contributed by atoms with van der Waals surface area (Å²) >= 11 is 0. The van der Waals surface area contributed by atoms with Crippen molar-refractivity contribution in [1.29, 1.82) is 0 Å². The number of aryl methyl sites for hydroxylation is 1. The zero-order valence-corrected chi connectivity index (χ0v) is 20.6. The average molecular weight is 483 g/mol. The monoisotopic (exact) mass is 482 g/mol. The largest absolute Gasteiger partial charge is 0.505 e. The topological polar surface area (TPSA) is 37.1 Å². The van der Waals surface area contributed by atoms with Crippen molar-refractivity contribution in [2.24, 2.45) is 0 Å². The van der Waals surface area contributed by atoms with Gasteiger partial charge in [-0.3, -0.25) is 4.90 Å². The number of aromatic hydroxyl groups is 1. The van der Waals surface area contributed by atoms with E-state index in [4.69, 9.17) is 4.74 Å². The number of halogens is 1. The molecule has 0 radical (unpaired) electrons. The van der Waals surface area contributed by atoms with Crippen LogP contribution in [0.1, 0.15) is 31.7 Å². The molecule has 0 amide bonds. The van der Waals surface area contributed by atoms with Crippen molar-refractivity contribution >= 4 is 16.6 Å². The van der Waals surface area contributed by atoms with E-state index < -0.39 is 5.82 Å². The van der Waals surface area contributed by atoms with Crippen LogP contribution in [0.5, 0.6) is 11.5 Å². The highest BCUT2D eigenvalue weighted by atomic mass is 19.1. The summed E-state index contributed by atoms with van der Waals surface area (Å²) in [5.74, 6) is -0.0571. The van der Waals surface area contributed by atoms with Crippen molar-refractivity contribution in [2.45, 2.75) is 32.6 Å². The van der Waals surface area contributed by atoms with Gasteiger partial charge in [-0.15, -0.1) is 0 Å². The third-order valence-corrected chi connectivity index (χ3v) is 7.52. The Morgan fingerprint density at radius 2 is 1.69 bits per heavy atom. The number of nitrogens with zero attached hydrogens (tertiary/aromatic N) is 2. The first-order valence-corrected chi connectivity index (χ1v) is 13.0. The molecule has 1 aliphatic rings. The van der Waals surface area contributed by atoms with Crippen molar-refractivity contribution in [3.63, 3.8) is 0 Å². The molecule has 5 heteroatoms. The highest BCUT2D eigenvalue weighted by Gasteiger charge is 2.23. The minimum absolute atomic E-state index is 0.329. The SMILES string of the molecule is CCc1c(-c2ccc(O)c(F)c2)c2c(-c3ccc(OCCN4CCCCC4)cc3)cc3cccc1n32. The molecule has 1 saturated heterocycles. The Kier molecular flexibility index (Phi) is 6.02. The predicted octanol–water partition coefficient (Wildman–Crippen LogP) is 7.14. The van der Waals surface area contributed by atoms with Crippen LogP contribution in [-0.2, 0) is 6.42 Å². The maximum Gasteiger partial charge on any atom is 0.165 e. The first-order chi connectivity index (χ1) is 17.6. The molecule has 0 aliphatic carbocycles. The van der Waals surface area contributed by atoms with E-state index in [1.165, 1.54) is 50.0 Å². The summed E-state index contributed by atoms with van der Waals surface area (Å²) in [5.41, 5.74) is 8.50. The number of benzene rings is 2. The lowest BCUT2D eigenvalue weighted by atomic mass is 9.96. The van der Waals surface area contributed by atoms with Gasteiger partial charge >= 0.3 is 0 Å². The van der Waals surface area contributed by atoms with Crippen LogP contribution in [0.2, 0.25) is 0 Å². The van der Waals surface area contributed by atoms with Crippen LogP contribution in [0.25, 0.3) is 38.8 Å². The number of phenols is 1. The molecule has 2 aromatic carbocycles. The molecule has 184 valence electrons. The van der Waals surface area contributed by atoms with Crippen LogP contribution in [0, 0.1) is 5.82 Å². The summed E-state index contributed by atoms with van der Waals surface area (Å²) in [7, 11) is 0. The van der Waals surface area contributed by atoms with E-state index in [1.807, 2.05) is 12.1 Å². The molecule has 0 atom stereocenters. The van der Waals surface area contributed by atoms with E-state index in [0.717, 1.165) is 57.5 Å². The van der Waals surface area contributed by atoms with Gasteiger partial charge in [0.25, 0.3) is 0 Å². The zero-order valence-electron chi connectivity index (χ0n) is 20.6. The molecule has 0 spiro atoms. The van der Waals surface area contributed by atoms with Gasteiger partial charge in [0.1, 0.15) is 12.4 Å². The molecule has 1 aliphatic heterocycles. The fourth-order valence-electron chi connectivity index (χ4n) is 5.74. The molecular weight excluding hydrogens is 451 g/mol. The van der Waals surface area contributed by atoms with E-state index in [2.05, 4.69) is 52.6 Å². The third kappa shape index (κ3) is 3.97. The Morgan fingerprint density at radius 3 is 2.44 bits per heavy atom. The summed E-state index contributed by atoms with van der Waals surface area (Å²) in [6.45, 7) is 6.15. The maximum atomic E-state index is 14.4. The molecule has 1 fully saturated rings. The minimum Gasteiger partial charge on any atom is -0.505 e. The van der Waals surface area contributed by atoms with E-state index in [9.17, 15) is 9.50 Å². The van der Waals surface area contributed by atoms with Gasteiger partial charge in [0.05, 0.1) is 11.0 Å². The fourth-order valence-corrected chi connectivity index (χ4v) is 5.74. The third-order valence-electron chi connectivity index (χ3n) is 7.52. The maximum absolute atomic E-state index is 14.4. The molecule has 0 unspecified atom stereocenters. The molecule has 6 rings (SSSR count). The number of ether oxygens (including phenoxy) is 1. The lowest BCUT2D eigenvalue weighted by Crippen LogP contribution is -2.33. The molecule has 5 aromatic rings. The second-order valence-electron chi connectivity index (χ2n) is 9.73. The Labute approximate surface area is 210 Å². The number of likely N-dealkylation sites (tertiary alicyclic amines) is 1. The normalized spacial score (nSPS) is 14.7. The van der Waals surface area contributed by atoms with Crippen molar-refractivity contribution < 1.29 is 14.2 Å². The summed E-state index contributed by atoms with van der Waals surface area (Å²) in [6, 6.07) is 21.5. The first kappa shape index (κ1) is 22.9. The smallest absolute Gasteiger partial charge is 0.165 e. The van der Waals surface area contributed by atoms with Gasteiger partial charge in [-0.25, -0.2) is 4.39 Å². The second kappa shape index (κ2) is 9.47. The van der Waals surface area contributed by atoms with Crippen LogP contribution in [0.3, 0.4) is 0 Å². The zero-order chi connectivity index (χ0) is 24.6. The Bertz CT molecular complexity index is 1500. The first-order valence-electron chi connectivity index (χ1n) is 13.0. The van der Waals surface area contributed by atoms with Gasteiger partial charge in [0, 0.05) is 23.2 Å². The molecular formula is C31H31FN2O2. The van der Waals surface area contributed by atoms with E-state index in [-0.39, 0.29) is 5.75 Å². The quantitative estimate of drug-likeness (QED) is 0.268. The van der Waals surface area contributed by atoms with Crippen molar-refractivity contribution in [2.75, 3.05) is 26.2 Å². The van der Waals surface area contributed by atoms with Crippen LogP contribution in [0.15, 0.2) is 66.7 Å². The highest BCUT2D eigenvalue weighted by molar-refractivity contribution is 6.04. The van der Waals surface area contributed by atoms with Crippen LogP contribution < -0.4 is 4.74 Å².